The molecular weight excluding hydrogens is 432 g/mol. The number of hydrogen-bond acceptors (Lipinski definition) is 2. The summed E-state index contributed by atoms with van der Waals surface area (Å²) in [6.07, 6.45) is -0.376. The van der Waals surface area contributed by atoms with Gasteiger partial charge in [-0.15, -0.1) is 0 Å². The highest BCUT2D eigenvalue weighted by molar-refractivity contribution is 6.22. The Bertz CT molecular complexity index is 564. The van der Waals surface area contributed by atoms with Crippen molar-refractivity contribution in [3.8, 4) is 0 Å². The fourth-order valence-electron chi connectivity index (χ4n) is 1.63. The Hall–Kier alpha value is -1.47. The number of hydrogen-bond donors (Lipinski definition) is 2. The number of carbonyl (C=O) groups is 2. The van der Waals surface area contributed by atoms with Gasteiger partial charge >= 0.3 is 35.0 Å². The number of aliphatic carboxylic acids is 1. The molecule has 0 radical (unpaired) electrons. The minimum Gasteiger partial charge on any atom is -0.480 e. The molecule has 4 nitrogen and oxygen atoms in total. The molecular formula is C12H12ClF10NO3. The van der Waals surface area contributed by atoms with Crippen molar-refractivity contribution in [3.63, 3.8) is 0 Å². The Morgan fingerprint density at radius 1 is 0.926 bits per heavy atom. The molecule has 0 aromatic heterocycles. The first-order valence-electron chi connectivity index (χ1n) is 6.90. The van der Waals surface area contributed by atoms with Gasteiger partial charge in [0.1, 0.15) is 6.04 Å². The first-order valence-corrected chi connectivity index (χ1v) is 7.28. The van der Waals surface area contributed by atoms with Crippen molar-refractivity contribution in [2.45, 2.75) is 61.3 Å². The summed E-state index contributed by atoms with van der Waals surface area (Å²) in [5, 5.41) is 3.10. The standard InChI is InChI=1S/C12H12ClF10NO3/c1-2-3-4-5(6(25)26)24-7(27)8(14,15)9(16,17)10(18,19)11(20,21)12(13,22)23/h5H,2-4H2,1H3,(H,24,27)(H,25,26). The van der Waals surface area contributed by atoms with Crippen LogP contribution in [0.2, 0.25) is 0 Å². The molecule has 0 bridgehead atoms. The van der Waals surface area contributed by atoms with Crippen LogP contribution in [-0.4, -0.2) is 52.1 Å². The lowest BCUT2D eigenvalue weighted by Gasteiger charge is -2.37. The third kappa shape index (κ3) is 4.51. The van der Waals surface area contributed by atoms with Gasteiger partial charge in [-0.3, -0.25) is 4.79 Å². The maximum atomic E-state index is 13.5. The number of carbonyl (C=O) groups excluding carboxylic acids is 1. The number of halogens is 11. The fourth-order valence-corrected chi connectivity index (χ4v) is 1.75. The zero-order valence-corrected chi connectivity index (χ0v) is 13.9. The van der Waals surface area contributed by atoms with E-state index in [0.717, 1.165) is 5.32 Å². The highest BCUT2D eigenvalue weighted by Crippen LogP contribution is 2.57. The largest absolute Gasteiger partial charge is 0.480 e. The number of carboxylic acid groups (broad SMARTS) is 1. The van der Waals surface area contributed by atoms with Gasteiger partial charge in [0.25, 0.3) is 5.91 Å². The predicted molar refractivity (Wildman–Crippen MR) is 69.7 cm³/mol. The topological polar surface area (TPSA) is 66.4 Å². The molecule has 0 heterocycles. The van der Waals surface area contributed by atoms with Crippen molar-refractivity contribution in [3.05, 3.63) is 0 Å². The Morgan fingerprint density at radius 2 is 1.37 bits per heavy atom. The molecule has 0 spiro atoms. The normalized spacial score (nSPS) is 15.4. The number of nitrogens with one attached hydrogen (secondary N) is 1. The maximum Gasteiger partial charge on any atom is 0.393 e. The van der Waals surface area contributed by atoms with E-state index >= 15 is 0 Å². The lowest BCUT2D eigenvalue weighted by atomic mass is 9.97. The number of carboxylic acids is 1. The molecule has 1 atom stereocenters. The molecule has 0 fully saturated rings. The van der Waals surface area contributed by atoms with Crippen LogP contribution < -0.4 is 5.32 Å². The Balaban J connectivity index is 5.88. The molecule has 0 aliphatic heterocycles. The minimum atomic E-state index is -7.49. The van der Waals surface area contributed by atoms with E-state index in [0.29, 0.717) is 0 Å². The molecule has 0 aromatic carbocycles. The predicted octanol–water partition coefficient (Wildman–Crippen LogP) is 4.12. The van der Waals surface area contributed by atoms with Crippen molar-refractivity contribution in [2.75, 3.05) is 0 Å². The molecule has 0 aliphatic carbocycles. The summed E-state index contributed by atoms with van der Waals surface area (Å²) in [6, 6.07) is -2.25. The fraction of sp³-hybridized carbons (Fsp3) is 0.833. The van der Waals surface area contributed by atoms with E-state index < -0.39 is 53.4 Å². The van der Waals surface area contributed by atoms with E-state index in [2.05, 4.69) is 11.6 Å². The quantitative estimate of drug-likeness (QED) is 0.394. The van der Waals surface area contributed by atoms with Crippen molar-refractivity contribution in [1.82, 2.24) is 5.32 Å². The summed E-state index contributed by atoms with van der Waals surface area (Å²) >= 11 is 3.61. The molecule has 160 valence electrons. The van der Waals surface area contributed by atoms with Crippen LogP contribution in [0.4, 0.5) is 43.9 Å². The summed E-state index contributed by atoms with van der Waals surface area (Å²) in [5.41, 5.74) is 0. The first kappa shape index (κ1) is 25.5. The van der Waals surface area contributed by atoms with Crippen molar-refractivity contribution in [1.29, 1.82) is 0 Å². The van der Waals surface area contributed by atoms with Gasteiger partial charge in [0.2, 0.25) is 0 Å². The average Bonchev–Trinajstić information content (AvgIpc) is 2.48. The average molecular weight is 444 g/mol. The minimum absolute atomic E-state index is 0.0358. The molecule has 0 saturated heterocycles. The second-order valence-electron chi connectivity index (χ2n) is 5.30. The summed E-state index contributed by atoms with van der Waals surface area (Å²) in [7, 11) is 0. The Kier molecular flexibility index (Phi) is 7.45. The molecule has 0 aliphatic rings. The summed E-state index contributed by atoms with van der Waals surface area (Å²) < 4.78 is 131. The molecule has 0 rings (SSSR count). The second kappa shape index (κ2) is 7.87. The molecule has 15 heteroatoms. The van der Waals surface area contributed by atoms with Crippen LogP contribution >= 0.6 is 11.6 Å². The highest BCUT2D eigenvalue weighted by Gasteiger charge is 2.87. The van der Waals surface area contributed by atoms with Gasteiger partial charge in [-0.1, -0.05) is 19.8 Å². The van der Waals surface area contributed by atoms with Crippen LogP contribution in [0, 0.1) is 0 Å². The summed E-state index contributed by atoms with van der Waals surface area (Å²) in [5.74, 6) is -34.1. The van der Waals surface area contributed by atoms with E-state index in [1.54, 1.807) is 0 Å². The van der Waals surface area contributed by atoms with Crippen LogP contribution in [0.15, 0.2) is 0 Å². The van der Waals surface area contributed by atoms with E-state index in [-0.39, 0.29) is 12.8 Å². The van der Waals surface area contributed by atoms with Gasteiger partial charge in [-0.25, -0.2) is 4.79 Å². The second-order valence-corrected chi connectivity index (χ2v) is 5.78. The monoisotopic (exact) mass is 443 g/mol. The van der Waals surface area contributed by atoms with E-state index in [1.165, 1.54) is 6.92 Å². The molecule has 2 N–H and O–H groups in total. The number of rotatable bonds is 10. The van der Waals surface area contributed by atoms with Gasteiger partial charge in [0.15, 0.2) is 0 Å². The van der Waals surface area contributed by atoms with E-state index in [9.17, 15) is 53.5 Å². The zero-order chi connectivity index (χ0) is 22.1. The van der Waals surface area contributed by atoms with Crippen LogP contribution in [0.1, 0.15) is 26.2 Å². The van der Waals surface area contributed by atoms with E-state index in [1.807, 2.05) is 0 Å². The highest BCUT2D eigenvalue weighted by atomic mass is 35.5. The van der Waals surface area contributed by atoms with Gasteiger partial charge in [0.05, 0.1) is 0 Å². The van der Waals surface area contributed by atoms with Crippen LogP contribution in [0.3, 0.4) is 0 Å². The zero-order valence-electron chi connectivity index (χ0n) is 13.1. The number of amides is 1. The molecule has 1 amide bonds. The molecule has 1 unspecified atom stereocenters. The van der Waals surface area contributed by atoms with Gasteiger partial charge in [-0.05, 0) is 18.0 Å². The lowest BCUT2D eigenvalue weighted by molar-refractivity contribution is -0.382. The third-order valence-electron chi connectivity index (χ3n) is 3.27. The van der Waals surface area contributed by atoms with E-state index in [4.69, 9.17) is 5.11 Å². The third-order valence-corrected chi connectivity index (χ3v) is 3.51. The molecule has 0 saturated carbocycles. The van der Waals surface area contributed by atoms with Gasteiger partial charge in [0, 0.05) is 0 Å². The van der Waals surface area contributed by atoms with Crippen LogP contribution in [0.25, 0.3) is 0 Å². The van der Waals surface area contributed by atoms with Crippen LogP contribution in [-0.2, 0) is 9.59 Å². The van der Waals surface area contributed by atoms with Crippen molar-refractivity contribution in [2.24, 2.45) is 0 Å². The van der Waals surface area contributed by atoms with Gasteiger partial charge < -0.3 is 10.4 Å². The van der Waals surface area contributed by atoms with Crippen molar-refractivity contribution < 1.29 is 58.6 Å². The first-order chi connectivity index (χ1) is 11.8. The van der Waals surface area contributed by atoms with Gasteiger partial charge in [-0.2, -0.15) is 43.9 Å². The van der Waals surface area contributed by atoms with Crippen LogP contribution in [0.5, 0.6) is 0 Å². The number of alkyl halides is 11. The Morgan fingerprint density at radius 3 is 1.70 bits per heavy atom. The summed E-state index contributed by atoms with van der Waals surface area (Å²) in [6.45, 7) is 1.48. The smallest absolute Gasteiger partial charge is 0.393 e. The maximum absolute atomic E-state index is 13.5. The molecule has 0 aromatic rings. The number of unbranched alkanes of at least 4 members (excludes halogenated alkanes) is 1. The lowest BCUT2D eigenvalue weighted by Crippen LogP contribution is -2.69. The molecule has 27 heavy (non-hydrogen) atoms. The Labute approximate surface area is 149 Å². The summed E-state index contributed by atoms with van der Waals surface area (Å²) in [4.78, 5) is 22.0. The van der Waals surface area contributed by atoms with Crippen molar-refractivity contribution >= 4 is 23.5 Å². The SMILES string of the molecule is CCCCC(NC(=O)C(F)(F)C(F)(F)C(F)(F)C(F)(F)C(F)(F)Cl)C(=O)O.